The first kappa shape index (κ1) is 13.5. The van der Waals surface area contributed by atoms with E-state index in [2.05, 4.69) is 9.97 Å². The van der Waals surface area contributed by atoms with Gasteiger partial charge >= 0.3 is 0 Å². The lowest BCUT2D eigenvalue weighted by molar-refractivity contribution is 0.416. The fraction of sp³-hybridized carbons (Fsp3) is 0.333. The number of para-hydroxylation sites is 1. The van der Waals surface area contributed by atoms with Crippen molar-refractivity contribution in [3.05, 3.63) is 41.9 Å². The molecule has 2 aromatic rings. The van der Waals surface area contributed by atoms with Crippen LogP contribution in [0.1, 0.15) is 17.9 Å². The summed E-state index contributed by atoms with van der Waals surface area (Å²) < 4.78 is 5.38. The van der Waals surface area contributed by atoms with Crippen molar-refractivity contribution in [2.45, 2.75) is 19.8 Å². The van der Waals surface area contributed by atoms with Crippen LogP contribution in [0.5, 0.6) is 5.75 Å². The molecule has 0 saturated carbocycles. The maximum atomic E-state index is 5.53. The van der Waals surface area contributed by atoms with Gasteiger partial charge in [-0.15, -0.1) is 0 Å². The quantitative estimate of drug-likeness (QED) is 0.893. The van der Waals surface area contributed by atoms with E-state index in [1.807, 2.05) is 37.3 Å². The Morgan fingerprint density at radius 2 is 2.00 bits per heavy atom. The number of rotatable bonds is 5. The first-order chi connectivity index (χ1) is 9.24. The topological polar surface area (TPSA) is 61.0 Å². The minimum absolute atomic E-state index is 0.654. The standard InChI is InChI=1S/C15H19N3O/c1-11-10-13(18-15(17-11)8-5-9-16)12-6-3-4-7-14(12)19-2/h3-4,6-7,10H,5,8-9,16H2,1-2H3. The van der Waals surface area contributed by atoms with E-state index in [1.165, 1.54) is 0 Å². The molecule has 0 fully saturated rings. The second-order valence-corrected chi connectivity index (χ2v) is 4.40. The van der Waals surface area contributed by atoms with Crippen LogP contribution in [0, 0.1) is 6.92 Å². The van der Waals surface area contributed by atoms with Gasteiger partial charge in [0.2, 0.25) is 0 Å². The number of methoxy groups -OCH3 is 1. The molecule has 1 heterocycles. The van der Waals surface area contributed by atoms with Crippen LogP contribution >= 0.6 is 0 Å². The highest BCUT2D eigenvalue weighted by Gasteiger charge is 2.09. The van der Waals surface area contributed by atoms with Gasteiger partial charge < -0.3 is 10.5 Å². The molecule has 2 rings (SSSR count). The molecule has 0 aliphatic rings. The van der Waals surface area contributed by atoms with Crippen molar-refractivity contribution >= 4 is 0 Å². The Bertz CT molecular complexity index is 555. The van der Waals surface area contributed by atoms with E-state index >= 15 is 0 Å². The number of aryl methyl sites for hydroxylation is 2. The van der Waals surface area contributed by atoms with Crippen LogP contribution in [-0.4, -0.2) is 23.6 Å². The van der Waals surface area contributed by atoms with Gasteiger partial charge in [0.25, 0.3) is 0 Å². The molecule has 0 aliphatic heterocycles. The number of nitrogens with two attached hydrogens (primary N) is 1. The minimum atomic E-state index is 0.654. The Kier molecular flexibility index (Phi) is 4.47. The van der Waals surface area contributed by atoms with E-state index in [0.717, 1.165) is 41.4 Å². The van der Waals surface area contributed by atoms with Crippen molar-refractivity contribution < 1.29 is 4.74 Å². The maximum absolute atomic E-state index is 5.53. The van der Waals surface area contributed by atoms with Crippen LogP contribution in [-0.2, 0) is 6.42 Å². The van der Waals surface area contributed by atoms with E-state index in [9.17, 15) is 0 Å². The molecular weight excluding hydrogens is 238 g/mol. The molecule has 0 unspecified atom stereocenters. The molecule has 2 N–H and O–H groups in total. The molecule has 4 nitrogen and oxygen atoms in total. The summed E-state index contributed by atoms with van der Waals surface area (Å²) in [5.74, 6) is 1.66. The first-order valence-corrected chi connectivity index (χ1v) is 6.42. The molecule has 19 heavy (non-hydrogen) atoms. The molecule has 0 atom stereocenters. The third-order valence-electron chi connectivity index (χ3n) is 2.89. The van der Waals surface area contributed by atoms with Gasteiger partial charge in [-0.05, 0) is 38.1 Å². The van der Waals surface area contributed by atoms with Crippen molar-refractivity contribution in [3.8, 4) is 17.0 Å². The summed E-state index contributed by atoms with van der Waals surface area (Å²) >= 11 is 0. The van der Waals surface area contributed by atoms with E-state index in [1.54, 1.807) is 7.11 Å². The third-order valence-corrected chi connectivity index (χ3v) is 2.89. The van der Waals surface area contributed by atoms with Gasteiger partial charge in [0, 0.05) is 17.7 Å². The smallest absolute Gasteiger partial charge is 0.129 e. The zero-order valence-electron chi connectivity index (χ0n) is 11.4. The lowest BCUT2D eigenvalue weighted by Crippen LogP contribution is -2.05. The molecule has 0 bridgehead atoms. The van der Waals surface area contributed by atoms with Gasteiger partial charge in [-0.25, -0.2) is 9.97 Å². The minimum Gasteiger partial charge on any atom is -0.496 e. The number of ether oxygens (including phenoxy) is 1. The van der Waals surface area contributed by atoms with Gasteiger partial charge in [0.05, 0.1) is 12.8 Å². The van der Waals surface area contributed by atoms with Crippen molar-refractivity contribution in [1.29, 1.82) is 0 Å². The summed E-state index contributed by atoms with van der Waals surface area (Å²) in [6.45, 7) is 2.63. The molecule has 0 radical (unpaired) electrons. The highest BCUT2D eigenvalue weighted by Crippen LogP contribution is 2.28. The highest BCUT2D eigenvalue weighted by molar-refractivity contribution is 5.67. The van der Waals surface area contributed by atoms with Gasteiger partial charge in [-0.1, -0.05) is 12.1 Å². The van der Waals surface area contributed by atoms with Crippen LogP contribution in [0.2, 0.25) is 0 Å². The summed E-state index contributed by atoms with van der Waals surface area (Å²) in [7, 11) is 1.67. The lowest BCUT2D eigenvalue weighted by atomic mass is 10.1. The molecule has 0 aliphatic carbocycles. The molecule has 0 saturated heterocycles. The number of hydrogen-bond donors (Lipinski definition) is 1. The Hall–Kier alpha value is -1.94. The van der Waals surface area contributed by atoms with E-state index in [4.69, 9.17) is 10.5 Å². The maximum Gasteiger partial charge on any atom is 0.129 e. The fourth-order valence-electron chi connectivity index (χ4n) is 2.00. The molecule has 100 valence electrons. The van der Waals surface area contributed by atoms with Crippen LogP contribution in [0.3, 0.4) is 0 Å². The molecular formula is C15H19N3O. The average Bonchev–Trinajstić information content (AvgIpc) is 2.44. The molecule has 0 spiro atoms. The first-order valence-electron chi connectivity index (χ1n) is 6.42. The van der Waals surface area contributed by atoms with Gasteiger partial charge in [0.1, 0.15) is 11.6 Å². The van der Waals surface area contributed by atoms with Gasteiger partial charge in [-0.3, -0.25) is 0 Å². The third kappa shape index (κ3) is 3.29. The fourth-order valence-corrected chi connectivity index (χ4v) is 2.00. The molecule has 4 heteroatoms. The highest BCUT2D eigenvalue weighted by atomic mass is 16.5. The van der Waals surface area contributed by atoms with E-state index in [-0.39, 0.29) is 0 Å². The zero-order chi connectivity index (χ0) is 13.7. The second kappa shape index (κ2) is 6.29. The number of aromatic nitrogens is 2. The number of benzene rings is 1. The Balaban J connectivity index is 2.41. The summed E-state index contributed by atoms with van der Waals surface area (Å²) in [6.07, 6.45) is 1.70. The molecule has 1 aromatic carbocycles. The van der Waals surface area contributed by atoms with Crippen molar-refractivity contribution in [3.63, 3.8) is 0 Å². The normalized spacial score (nSPS) is 10.5. The second-order valence-electron chi connectivity index (χ2n) is 4.40. The molecule has 1 aromatic heterocycles. The van der Waals surface area contributed by atoms with E-state index in [0.29, 0.717) is 6.54 Å². The van der Waals surface area contributed by atoms with Crippen LogP contribution in [0.4, 0.5) is 0 Å². The lowest BCUT2D eigenvalue weighted by Gasteiger charge is -2.09. The monoisotopic (exact) mass is 257 g/mol. The number of nitrogens with zero attached hydrogens (tertiary/aromatic N) is 2. The zero-order valence-corrected chi connectivity index (χ0v) is 11.4. The summed E-state index contributed by atoms with van der Waals surface area (Å²) in [4.78, 5) is 9.05. The SMILES string of the molecule is COc1ccccc1-c1cc(C)nc(CCCN)n1. The average molecular weight is 257 g/mol. The van der Waals surface area contributed by atoms with Crippen molar-refractivity contribution in [2.75, 3.05) is 13.7 Å². The van der Waals surface area contributed by atoms with Crippen molar-refractivity contribution in [1.82, 2.24) is 9.97 Å². The van der Waals surface area contributed by atoms with Crippen molar-refractivity contribution in [2.24, 2.45) is 5.73 Å². The summed E-state index contributed by atoms with van der Waals surface area (Å²) in [5, 5.41) is 0. The number of hydrogen-bond acceptors (Lipinski definition) is 4. The predicted octanol–water partition coefficient (Wildman–Crippen LogP) is 2.35. The van der Waals surface area contributed by atoms with Crippen LogP contribution in [0.25, 0.3) is 11.3 Å². The summed E-state index contributed by atoms with van der Waals surface area (Å²) in [5.41, 5.74) is 8.38. The predicted molar refractivity (Wildman–Crippen MR) is 76.1 cm³/mol. The Labute approximate surface area is 113 Å². The Morgan fingerprint density at radius 3 is 2.74 bits per heavy atom. The van der Waals surface area contributed by atoms with Crippen LogP contribution in [0.15, 0.2) is 30.3 Å². The van der Waals surface area contributed by atoms with Crippen LogP contribution < -0.4 is 10.5 Å². The van der Waals surface area contributed by atoms with E-state index < -0.39 is 0 Å². The summed E-state index contributed by atoms with van der Waals surface area (Å²) in [6, 6.07) is 9.85. The Morgan fingerprint density at radius 1 is 1.21 bits per heavy atom. The van der Waals surface area contributed by atoms with Gasteiger partial charge in [0.15, 0.2) is 0 Å². The molecule has 0 amide bonds. The largest absolute Gasteiger partial charge is 0.496 e. The van der Waals surface area contributed by atoms with Gasteiger partial charge in [-0.2, -0.15) is 0 Å².